The minimum Gasteiger partial charge on any atom is -0.507 e. The van der Waals surface area contributed by atoms with E-state index in [0.29, 0.717) is 69.6 Å². The number of hydrogen-bond acceptors (Lipinski definition) is 14. The molecule has 16 nitrogen and oxygen atoms in total. The first-order valence-corrected chi connectivity index (χ1v) is 30.6. The Hall–Kier alpha value is -5.83. The van der Waals surface area contributed by atoms with Gasteiger partial charge in [0.1, 0.15) is 58.8 Å². The maximum atomic E-state index is 13.8. The van der Waals surface area contributed by atoms with E-state index < -0.39 is 47.3 Å². The van der Waals surface area contributed by atoms with Crippen molar-refractivity contribution in [3.63, 3.8) is 0 Å². The van der Waals surface area contributed by atoms with Gasteiger partial charge in [-0.2, -0.15) is 5.09 Å². The molecule has 3 N–H and O–H groups in total. The number of hydrogen-bond donors (Lipinski definition) is 3. The molecule has 0 aliphatic carbocycles. The van der Waals surface area contributed by atoms with Crippen LogP contribution in [0.2, 0.25) is 25.7 Å². The summed E-state index contributed by atoms with van der Waals surface area (Å²) in [4.78, 5) is 46.8. The molecule has 4 aromatic rings. The topological polar surface area (TPSA) is 212 Å². The number of fused-ring (bicyclic) bond motifs is 2. The molecule has 4 aromatic carbocycles. The lowest BCUT2D eigenvalue weighted by atomic mass is 9.95. The minimum absolute atomic E-state index is 0. The van der Waals surface area contributed by atoms with Gasteiger partial charge in [-0.05, 0) is 88.9 Å². The number of carbonyl (C=O) groups excluding carboxylic acids is 3. The summed E-state index contributed by atoms with van der Waals surface area (Å²) in [6, 6.07) is 18.2. The van der Waals surface area contributed by atoms with E-state index in [2.05, 4.69) is 24.7 Å². The predicted octanol–water partition coefficient (Wildman–Crippen LogP) is 12.4. The summed E-state index contributed by atoms with van der Waals surface area (Å²) in [6.07, 6.45) is 3.45. The second kappa shape index (κ2) is 26.9. The lowest BCUT2D eigenvalue weighted by Crippen LogP contribution is -2.31. The number of phenols is 1. The Morgan fingerprint density at radius 3 is 1.77 bits per heavy atom. The number of carbonyl (C=O) groups is 3. The van der Waals surface area contributed by atoms with E-state index in [9.17, 15) is 33.5 Å². The molecular formula is C54H75NO15P2Si. The summed E-state index contributed by atoms with van der Waals surface area (Å²) in [7, 11) is -5.73. The van der Waals surface area contributed by atoms with E-state index in [1.807, 2.05) is 32.1 Å². The number of phenolic OH excluding ortho intramolecular Hbond substituents is 1. The highest BCUT2D eigenvalue weighted by Gasteiger charge is 2.35. The monoisotopic (exact) mass is 1070 g/mol. The van der Waals surface area contributed by atoms with Crippen LogP contribution in [0.5, 0.6) is 34.5 Å². The van der Waals surface area contributed by atoms with Crippen molar-refractivity contribution in [1.82, 2.24) is 5.09 Å². The van der Waals surface area contributed by atoms with Crippen molar-refractivity contribution in [2.75, 3.05) is 33.2 Å². The van der Waals surface area contributed by atoms with Gasteiger partial charge in [0.15, 0.2) is 6.23 Å². The number of ether oxygens (including phenoxy) is 6. The van der Waals surface area contributed by atoms with Gasteiger partial charge >= 0.3 is 33.0 Å². The van der Waals surface area contributed by atoms with Crippen LogP contribution in [0.25, 0.3) is 0 Å². The maximum absolute atomic E-state index is 13.8. The van der Waals surface area contributed by atoms with Gasteiger partial charge in [0.25, 0.3) is 0 Å². The molecule has 0 saturated heterocycles. The van der Waals surface area contributed by atoms with E-state index in [1.165, 1.54) is 7.11 Å². The van der Waals surface area contributed by atoms with Gasteiger partial charge in [-0.15, -0.1) is 0 Å². The van der Waals surface area contributed by atoms with Gasteiger partial charge in [-0.1, -0.05) is 101 Å². The van der Waals surface area contributed by atoms with E-state index in [4.69, 9.17) is 37.5 Å². The van der Waals surface area contributed by atoms with Crippen LogP contribution < -0.4 is 28.3 Å². The highest BCUT2D eigenvalue weighted by molar-refractivity contribution is 7.57. The first-order chi connectivity index (χ1) is 33.5. The van der Waals surface area contributed by atoms with Gasteiger partial charge in [-0.25, -0.2) is 14.2 Å². The fourth-order valence-electron chi connectivity index (χ4n) is 8.00. The number of rotatable bonds is 22. The SMILES string of the molecule is C.C.CCC(=O)O[C@H](C)NP(=O)(C/C(C)=C/Cc1c(O)c2c(c(C)c1OC)COC2=O)Oc1ccccc1.COc1c(C)c2c(c(OCC[Si](C)(C)C)c1C/C=C(\C)CP(=O)(O)Oc1ccccc1)C(=O)OC2. The van der Waals surface area contributed by atoms with E-state index in [-0.39, 0.29) is 64.5 Å². The van der Waals surface area contributed by atoms with Gasteiger partial charge in [0.05, 0.1) is 33.2 Å². The summed E-state index contributed by atoms with van der Waals surface area (Å²) < 4.78 is 70.8. The fraction of sp³-hybridized carbons (Fsp3) is 0.426. The molecule has 0 spiro atoms. The highest BCUT2D eigenvalue weighted by Crippen LogP contribution is 2.48. The number of nitrogens with one attached hydrogen (secondary N) is 1. The van der Waals surface area contributed by atoms with Crippen LogP contribution >= 0.6 is 15.1 Å². The van der Waals surface area contributed by atoms with Crippen molar-refractivity contribution in [3.8, 4) is 34.5 Å². The summed E-state index contributed by atoms with van der Waals surface area (Å²) in [5, 5.41) is 13.7. The minimum atomic E-state index is -3.89. The number of methoxy groups -OCH3 is 2. The average Bonchev–Trinajstić information content (AvgIpc) is 3.89. The Bertz CT molecular complexity index is 2740. The molecular weight excluding hydrogens is 993 g/mol. The molecule has 2 aliphatic heterocycles. The Morgan fingerprint density at radius 1 is 0.767 bits per heavy atom. The van der Waals surface area contributed by atoms with Crippen LogP contribution in [-0.4, -0.2) is 75.4 Å². The molecule has 400 valence electrons. The number of aromatic hydroxyl groups is 1. The van der Waals surface area contributed by atoms with Crippen molar-refractivity contribution in [1.29, 1.82) is 0 Å². The van der Waals surface area contributed by atoms with Gasteiger partial charge in [0.2, 0.25) is 0 Å². The molecule has 0 amide bonds. The molecule has 0 aromatic heterocycles. The molecule has 0 radical (unpaired) electrons. The second-order valence-electron chi connectivity index (χ2n) is 18.5. The number of allylic oxidation sites excluding steroid dienone is 4. The van der Waals surface area contributed by atoms with Crippen LogP contribution in [0.1, 0.15) is 103 Å². The van der Waals surface area contributed by atoms with Crippen LogP contribution in [0.3, 0.4) is 0 Å². The molecule has 0 saturated carbocycles. The lowest BCUT2D eigenvalue weighted by Gasteiger charge is -2.24. The third kappa shape index (κ3) is 16.6. The van der Waals surface area contributed by atoms with Crippen LogP contribution in [0, 0.1) is 13.8 Å². The van der Waals surface area contributed by atoms with Crippen LogP contribution in [-0.2, 0) is 54.2 Å². The quantitative estimate of drug-likeness (QED) is 0.0167. The molecule has 2 unspecified atom stereocenters. The molecule has 19 heteroatoms. The molecule has 2 heterocycles. The number of para-hydroxylation sites is 2. The smallest absolute Gasteiger partial charge is 0.380 e. The van der Waals surface area contributed by atoms with Crippen LogP contribution in [0.15, 0.2) is 84.0 Å². The third-order valence-electron chi connectivity index (χ3n) is 11.6. The second-order valence-corrected chi connectivity index (χ2v) is 28.0. The van der Waals surface area contributed by atoms with Crippen molar-refractivity contribution in [2.24, 2.45) is 0 Å². The van der Waals surface area contributed by atoms with E-state index >= 15 is 0 Å². The molecule has 0 bridgehead atoms. The van der Waals surface area contributed by atoms with Crippen molar-refractivity contribution in [2.45, 2.75) is 121 Å². The van der Waals surface area contributed by atoms with Gasteiger partial charge < -0.3 is 47.5 Å². The number of esters is 3. The summed E-state index contributed by atoms with van der Waals surface area (Å²) in [5.74, 6) is 0.767. The van der Waals surface area contributed by atoms with Gasteiger partial charge in [0, 0.05) is 36.7 Å². The zero-order valence-corrected chi connectivity index (χ0v) is 45.3. The zero-order chi connectivity index (χ0) is 52.3. The number of cyclic esters (lactones) is 2. The van der Waals surface area contributed by atoms with Crippen molar-refractivity contribution >= 4 is 41.1 Å². The third-order valence-corrected chi connectivity index (χ3v) is 16.8. The lowest BCUT2D eigenvalue weighted by molar-refractivity contribution is -0.148. The summed E-state index contributed by atoms with van der Waals surface area (Å²) >= 11 is 0. The van der Waals surface area contributed by atoms with Crippen molar-refractivity contribution in [3.05, 3.63) is 128 Å². The largest absolute Gasteiger partial charge is 0.507 e. The summed E-state index contributed by atoms with van der Waals surface area (Å²) in [6.45, 7) is 18.1. The van der Waals surface area contributed by atoms with Gasteiger partial charge in [-0.3, -0.25) is 9.36 Å². The first-order valence-electron chi connectivity index (χ1n) is 23.3. The molecule has 2 aliphatic rings. The fourth-order valence-corrected chi connectivity index (χ4v) is 12.1. The van der Waals surface area contributed by atoms with E-state index in [1.54, 1.807) is 89.4 Å². The summed E-state index contributed by atoms with van der Waals surface area (Å²) in [5.41, 5.74) is 6.12. The highest BCUT2D eigenvalue weighted by atomic mass is 31.2. The van der Waals surface area contributed by atoms with Crippen LogP contribution in [0.4, 0.5) is 0 Å². The zero-order valence-electron chi connectivity index (χ0n) is 42.5. The van der Waals surface area contributed by atoms with E-state index in [0.717, 1.165) is 28.3 Å². The Labute approximate surface area is 432 Å². The number of benzene rings is 4. The maximum Gasteiger partial charge on any atom is 0.380 e. The molecule has 3 atom stereocenters. The Morgan fingerprint density at radius 2 is 1.25 bits per heavy atom. The van der Waals surface area contributed by atoms with Crippen molar-refractivity contribution < 1.29 is 71.0 Å². The Kier molecular flexibility index (Phi) is 22.7. The predicted molar refractivity (Wildman–Crippen MR) is 288 cm³/mol. The molecule has 6 rings (SSSR count). The first kappa shape index (κ1) is 61.5. The standard InChI is InChI=1S/C26H32NO8P.C26H35O7PSi.2CH4/c1-6-22(28)34-18(4)27-36(31,35-19-10-8-7-9-11-19)15-16(2)12-13-20-24(29)23-21(14-33-26(23)30)17(3)25(20)32-5;1-18(17-34(28,29)33-20-10-8-7-9-11-20)12-13-21-24(30-3)19(2)22-16-32-26(27)23(22)25(21)31-14-15-35(4,5)6;;/h7-12,18,29H,6,13-15H2,1-5H3,(H,27,31);7-12H,13-17H2,1-6H3,(H,28,29);2*1H4/b16-12+;18-12+;;/t18-,36?;;;/m1.../s1. The Balaban J connectivity index is 0.000000375. The molecule has 73 heavy (non-hydrogen) atoms. The normalized spacial score (nSPS) is 15.0. The average molecular weight is 1070 g/mol. The molecule has 0 fully saturated rings.